The SMILES string of the molecule is CCNC(=O)[C@H]1O[C@@H](n2cnc3c(NCC(c4ccccc4)c4ccccc4)nc(N4CC[C@@H](NC(=O)NCc5ccncc5)C4)nc32)[C@H](O)[C@@H]1O. The maximum absolute atomic E-state index is 12.8. The smallest absolute Gasteiger partial charge is 0.315 e. The fraction of sp³-hybridized carbons (Fsp3) is 0.351. The van der Waals surface area contributed by atoms with Crippen molar-refractivity contribution in [1.29, 1.82) is 0 Å². The first-order valence-corrected chi connectivity index (χ1v) is 17.5. The number of aliphatic hydroxyl groups is 2. The summed E-state index contributed by atoms with van der Waals surface area (Å²) in [6.07, 6.45) is 0.214. The van der Waals surface area contributed by atoms with Crippen molar-refractivity contribution < 1.29 is 24.5 Å². The van der Waals surface area contributed by atoms with Gasteiger partial charge in [-0.25, -0.2) is 9.78 Å². The summed E-state index contributed by atoms with van der Waals surface area (Å²) < 4.78 is 7.48. The lowest BCUT2D eigenvalue weighted by molar-refractivity contribution is -0.137. The third kappa shape index (κ3) is 7.51. The minimum Gasteiger partial charge on any atom is -0.387 e. The third-order valence-electron chi connectivity index (χ3n) is 9.42. The molecule has 5 heterocycles. The van der Waals surface area contributed by atoms with Crippen molar-refractivity contribution in [1.82, 2.24) is 40.5 Å². The highest BCUT2D eigenvalue weighted by molar-refractivity contribution is 5.85. The van der Waals surface area contributed by atoms with Crippen LogP contribution in [-0.2, 0) is 16.1 Å². The van der Waals surface area contributed by atoms with E-state index in [2.05, 4.69) is 55.5 Å². The number of rotatable bonds is 12. The van der Waals surface area contributed by atoms with Crippen LogP contribution in [0.25, 0.3) is 11.2 Å². The molecule has 3 amide bonds. The quantitative estimate of drug-likeness (QED) is 0.112. The van der Waals surface area contributed by atoms with Gasteiger partial charge >= 0.3 is 6.03 Å². The van der Waals surface area contributed by atoms with E-state index in [1.807, 2.05) is 53.4 Å². The molecule has 0 saturated carbocycles. The summed E-state index contributed by atoms with van der Waals surface area (Å²) in [6.45, 7) is 3.99. The number of imidazole rings is 1. The molecule has 15 heteroatoms. The van der Waals surface area contributed by atoms with Crippen molar-refractivity contribution in [2.45, 2.75) is 56.4 Å². The van der Waals surface area contributed by atoms with Gasteiger partial charge in [-0.2, -0.15) is 9.97 Å². The zero-order valence-electron chi connectivity index (χ0n) is 28.7. The normalized spacial score (nSPS) is 21.4. The maximum Gasteiger partial charge on any atom is 0.315 e. The fourth-order valence-corrected chi connectivity index (χ4v) is 6.71. The number of hydrogen-bond donors (Lipinski definition) is 6. The monoisotopic (exact) mass is 706 g/mol. The number of aliphatic hydroxyl groups excluding tert-OH is 2. The van der Waals surface area contributed by atoms with E-state index in [0.29, 0.717) is 62.1 Å². The highest BCUT2D eigenvalue weighted by Gasteiger charge is 2.47. The number of carbonyl (C=O) groups excluding carboxylic acids is 2. The molecule has 2 fully saturated rings. The van der Waals surface area contributed by atoms with Gasteiger partial charge in [-0.15, -0.1) is 0 Å². The molecule has 2 aliphatic heterocycles. The number of hydrogen-bond acceptors (Lipinski definition) is 11. The summed E-state index contributed by atoms with van der Waals surface area (Å²) in [5, 5.41) is 34.0. The Hall–Kier alpha value is -5.64. The molecule has 5 aromatic rings. The van der Waals surface area contributed by atoms with Crippen LogP contribution in [0.3, 0.4) is 0 Å². The first kappa shape index (κ1) is 34.8. The minimum atomic E-state index is -1.46. The standard InChI is InChI=1S/C37H42N10O5/c1-2-39-34(50)31-29(48)30(49)35(52-31)47-22-42-28-32(40-20-27(24-9-5-3-6-10-24)25-11-7-4-8-12-25)44-36(45-33(28)47)46-18-15-26(21-46)43-37(51)41-19-23-13-16-38-17-14-23/h3-14,16-17,22,26-27,29-31,35,48-49H,2,15,18-21H2,1H3,(H,39,50)(H,40,44,45)(H2,41,43,51)/t26-,29+,30-,31+,35-/m1/s1. The van der Waals surface area contributed by atoms with Crippen LogP contribution in [0.4, 0.5) is 16.6 Å². The van der Waals surface area contributed by atoms with Crippen molar-refractivity contribution >= 4 is 34.9 Å². The minimum absolute atomic E-state index is 0.0167. The van der Waals surface area contributed by atoms with E-state index >= 15 is 0 Å². The Morgan fingerprint density at radius 1 is 0.942 bits per heavy atom. The third-order valence-corrected chi connectivity index (χ3v) is 9.42. The molecule has 7 rings (SSSR count). The van der Waals surface area contributed by atoms with E-state index in [1.54, 1.807) is 19.3 Å². The molecule has 15 nitrogen and oxygen atoms in total. The molecule has 2 aromatic carbocycles. The lowest BCUT2D eigenvalue weighted by atomic mass is 9.91. The van der Waals surface area contributed by atoms with Gasteiger partial charge in [0.25, 0.3) is 5.91 Å². The maximum atomic E-state index is 12.8. The zero-order valence-corrected chi connectivity index (χ0v) is 28.7. The molecule has 0 bridgehead atoms. The molecule has 3 aromatic heterocycles. The number of anilines is 2. The average Bonchev–Trinajstić information content (AvgIpc) is 3.90. The van der Waals surface area contributed by atoms with Crippen molar-refractivity contribution in [3.63, 3.8) is 0 Å². The fourth-order valence-electron chi connectivity index (χ4n) is 6.71. The predicted octanol–water partition coefficient (Wildman–Crippen LogP) is 2.30. The average molecular weight is 707 g/mol. The van der Waals surface area contributed by atoms with E-state index in [9.17, 15) is 19.8 Å². The van der Waals surface area contributed by atoms with Crippen LogP contribution in [0, 0.1) is 0 Å². The number of nitrogens with one attached hydrogen (secondary N) is 4. The van der Waals surface area contributed by atoms with E-state index in [1.165, 1.54) is 10.9 Å². The molecule has 0 aliphatic carbocycles. The van der Waals surface area contributed by atoms with Gasteiger partial charge in [0.1, 0.15) is 12.2 Å². The predicted molar refractivity (Wildman–Crippen MR) is 193 cm³/mol. The molecule has 0 spiro atoms. The molecule has 5 atom stereocenters. The van der Waals surface area contributed by atoms with Crippen LogP contribution in [0.2, 0.25) is 0 Å². The Morgan fingerprint density at radius 3 is 2.35 bits per heavy atom. The number of benzene rings is 2. The first-order chi connectivity index (χ1) is 25.4. The zero-order chi connectivity index (χ0) is 36.0. The van der Waals surface area contributed by atoms with Crippen molar-refractivity contribution in [2.75, 3.05) is 36.4 Å². The number of carbonyl (C=O) groups is 2. The molecule has 270 valence electrons. The van der Waals surface area contributed by atoms with Gasteiger partial charge in [0.05, 0.1) is 6.33 Å². The van der Waals surface area contributed by atoms with E-state index in [0.717, 1.165) is 16.7 Å². The first-order valence-electron chi connectivity index (χ1n) is 17.5. The number of aromatic nitrogens is 5. The largest absolute Gasteiger partial charge is 0.387 e. The Labute approximate surface area is 300 Å². The Morgan fingerprint density at radius 2 is 1.65 bits per heavy atom. The molecule has 52 heavy (non-hydrogen) atoms. The van der Waals surface area contributed by atoms with E-state index < -0.39 is 30.4 Å². The molecule has 6 N–H and O–H groups in total. The summed E-state index contributed by atoms with van der Waals surface area (Å²) in [5.41, 5.74) is 3.98. The Kier molecular flexibility index (Phi) is 10.5. The number of nitrogens with zero attached hydrogens (tertiary/aromatic N) is 6. The Bertz CT molecular complexity index is 1930. The van der Waals surface area contributed by atoms with Gasteiger partial charge in [0, 0.05) is 57.1 Å². The van der Waals surface area contributed by atoms with Gasteiger partial charge in [-0.1, -0.05) is 60.7 Å². The second kappa shape index (κ2) is 15.7. The van der Waals surface area contributed by atoms with Crippen molar-refractivity contribution in [3.05, 3.63) is 108 Å². The van der Waals surface area contributed by atoms with E-state index in [-0.39, 0.29) is 18.0 Å². The summed E-state index contributed by atoms with van der Waals surface area (Å²) in [6, 6.07) is 23.7. The number of likely N-dealkylation sites (N-methyl/N-ethyl adjacent to an activating group) is 1. The number of ether oxygens (including phenoxy) is 1. The van der Waals surface area contributed by atoms with Gasteiger partial charge < -0.3 is 41.1 Å². The van der Waals surface area contributed by atoms with Crippen LogP contribution in [0.1, 0.15) is 42.2 Å². The van der Waals surface area contributed by atoms with E-state index in [4.69, 9.17) is 14.7 Å². The van der Waals surface area contributed by atoms with Crippen molar-refractivity contribution in [2.24, 2.45) is 0 Å². The number of amides is 3. The second-order valence-corrected chi connectivity index (χ2v) is 12.9. The number of fused-ring (bicyclic) bond motifs is 1. The van der Waals surface area contributed by atoms with Crippen molar-refractivity contribution in [3.8, 4) is 0 Å². The van der Waals surface area contributed by atoms with Crippen LogP contribution in [0.15, 0.2) is 91.5 Å². The molecule has 2 saturated heterocycles. The summed E-state index contributed by atoms with van der Waals surface area (Å²) >= 11 is 0. The Balaban J connectivity index is 1.17. The van der Waals surface area contributed by atoms with Gasteiger partial charge in [-0.3, -0.25) is 14.3 Å². The van der Waals surface area contributed by atoms with Gasteiger partial charge in [0.15, 0.2) is 29.3 Å². The molecule has 2 aliphatic rings. The van der Waals surface area contributed by atoms with Crippen LogP contribution >= 0.6 is 0 Å². The molecule has 0 unspecified atom stereocenters. The highest BCUT2D eigenvalue weighted by atomic mass is 16.6. The highest BCUT2D eigenvalue weighted by Crippen LogP contribution is 2.34. The summed E-state index contributed by atoms with van der Waals surface area (Å²) in [4.78, 5) is 45.9. The lowest BCUT2D eigenvalue weighted by Gasteiger charge is -2.22. The lowest BCUT2D eigenvalue weighted by Crippen LogP contribution is -2.43. The topological polar surface area (TPSA) is 192 Å². The molecular formula is C37H42N10O5. The van der Waals surface area contributed by atoms with Crippen LogP contribution in [0.5, 0.6) is 0 Å². The summed E-state index contributed by atoms with van der Waals surface area (Å²) in [7, 11) is 0. The van der Waals surface area contributed by atoms with Gasteiger partial charge in [0.2, 0.25) is 5.95 Å². The molecule has 0 radical (unpaired) electrons. The number of urea groups is 1. The van der Waals surface area contributed by atoms with Crippen LogP contribution in [-0.4, -0.2) is 97.2 Å². The molecular weight excluding hydrogens is 664 g/mol. The summed E-state index contributed by atoms with van der Waals surface area (Å²) in [5.74, 6) is 0.321. The van der Waals surface area contributed by atoms with Gasteiger partial charge in [-0.05, 0) is 42.2 Å². The second-order valence-electron chi connectivity index (χ2n) is 12.9. The number of pyridine rings is 1. The van der Waals surface area contributed by atoms with Crippen LogP contribution < -0.4 is 26.2 Å².